The molecule has 0 aromatic carbocycles. The summed E-state index contributed by atoms with van der Waals surface area (Å²) in [6.07, 6.45) is 1.57. The van der Waals surface area contributed by atoms with Gasteiger partial charge in [-0.15, -0.1) is 0 Å². The molecule has 1 N–H and O–H groups in total. The Balaban J connectivity index is 2.78. The molecule has 0 spiro atoms. The molecule has 1 fully saturated rings. The Hall–Kier alpha value is -0.660. The number of nitrogens with zero attached hydrogens (tertiary/aromatic N) is 2. The highest BCUT2D eigenvalue weighted by Gasteiger charge is 2.33. The van der Waals surface area contributed by atoms with Crippen LogP contribution in [0.2, 0.25) is 0 Å². The molecule has 0 bridgehead atoms. The van der Waals surface area contributed by atoms with Crippen LogP contribution >= 0.6 is 0 Å². The van der Waals surface area contributed by atoms with E-state index in [-0.39, 0.29) is 19.0 Å². The molecule has 0 aromatic heterocycles. The molecule has 1 aliphatic rings. The van der Waals surface area contributed by atoms with Crippen molar-refractivity contribution >= 4 is 16.2 Å². The van der Waals surface area contributed by atoms with E-state index in [1.54, 1.807) is 13.8 Å². The minimum absolute atomic E-state index is 0.0292. The first-order valence-electron chi connectivity index (χ1n) is 6.74. The lowest BCUT2D eigenvalue weighted by atomic mass is 10.0. The summed E-state index contributed by atoms with van der Waals surface area (Å²) in [4.78, 5) is 10.6. The van der Waals surface area contributed by atoms with Crippen LogP contribution in [0.1, 0.15) is 40.0 Å². The van der Waals surface area contributed by atoms with Crippen molar-refractivity contribution in [3.63, 3.8) is 0 Å². The van der Waals surface area contributed by atoms with Gasteiger partial charge in [-0.05, 0) is 32.6 Å². The average Bonchev–Trinajstić information content (AvgIpc) is 2.28. The van der Waals surface area contributed by atoms with E-state index in [1.807, 2.05) is 0 Å². The van der Waals surface area contributed by atoms with E-state index in [2.05, 4.69) is 6.92 Å². The van der Waals surface area contributed by atoms with Crippen LogP contribution in [0.25, 0.3) is 0 Å². The number of piperidine rings is 1. The molecule has 0 unspecified atom stereocenters. The summed E-state index contributed by atoms with van der Waals surface area (Å²) in [5.41, 5.74) is 0. The van der Waals surface area contributed by atoms with Crippen LogP contribution in [0.4, 0.5) is 0 Å². The van der Waals surface area contributed by atoms with Gasteiger partial charge in [0.05, 0.1) is 6.42 Å². The number of carboxylic acid groups (broad SMARTS) is 1. The molecule has 19 heavy (non-hydrogen) atoms. The minimum atomic E-state index is -3.54. The molecule has 6 nitrogen and oxygen atoms in total. The fourth-order valence-electron chi connectivity index (χ4n) is 2.21. The van der Waals surface area contributed by atoms with E-state index in [0.29, 0.717) is 19.0 Å². The molecule has 0 aromatic rings. The summed E-state index contributed by atoms with van der Waals surface area (Å²) < 4.78 is 27.8. The number of rotatable bonds is 6. The average molecular weight is 292 g/mol. The zero-order valence-corrected chi connectivity index (χ0v) is 12.7. The van der Waals surface area contributed by atoms with Crippen molar-refractivity contribution in [2.24, 2.45) is 5.92 Å². The minimum Gasteiger partial charge on any atom is -0.481 e. The Bertz CT molecular complexity index is 400. The quantitative estimate of drug-likeness (QED) is 0.796. The SMILES string of the molecule is CC1CCN(S(=O)(=O)N(CCC(=O)O)C(C)C)CC1. The van der Waals surface area contributed by atoms with Crippen molar-refractivity contribution < 1.29 is 18.3 Å². The van der Waals surface area contributed by atoms with E-state index in [1.165, 1.54) is 8.61 Å². The topological polar surface area (TPSA) is 77.9 Å². The normalized spacial score (nSPS) is 19.2. The van der Waals surface area contributed by atoms with Crippen molar-refractivity contribution in [2.75, 3.05) is 19.6 Å². The van der Waals surface area contributed by atoms with Gasteiger partial charge in [0.2, 0.25) is 0 Å². The lowest BCUT2D eigenvalue weighted by Gasteiger charge is -2.35. The molecule has 1 aliphatic heterocycles. The summed E-state index contributed by atoms with van der Waals surface area (Å²) in [5, 5.41) is 8.72. The number of carbonyl (C=O) groups is 1. The van der Waals surface area contributed by atoms with Gasteiger partial charge in [0.25, 0.3) is 10.2 Å². The highest BCUT2D eigenvalue weighted by atomic mass is 32.2. The van der Waals surface area contributed by atoms with Crippen molar-refractivity contribution in [1.29, 1.82) is 0 Å². The number of carboxylic acids is 1. The molecule has 1 heterocycles. The van der Waals surface area contributed by atoms with Gasteiger partial charge in [0.15, 0.2) is 0 Å². The second-order valence-electron chi connectivity index (χ2n) is 5.44. The highest BCUT2D eigenvalue weighted by Crippen LogP contribution is 2.22. The van der Waals surface area contributed by atoms with Gasteiger partial charge in [-0.1, -0.05) is 6.92 Å². The molecule has 0 amide bonds. The molecular weight excluding hydrogens is 268 g/mol. The van der Waals surface area contributed by atoms with Crippen LogP contribution in [0.5, 0.6) is 0 Å². The third-order valence-corrected chi connectivity index (χ3v) is 5.70. The van der Waals surface area contributed by atoms with Gasteiger partial charge in [-0.3, -0.25) is 4.79 Å². The van der Waals surface area contributed by atoms with Crippen LogP contribution < -0.4 is 0 Å². The Morgan fingerprint density at radius 2 is 1.89 bits per heavy atom. The molecule has 0 aliphatic carbocycles. The van der Waals surface area contributed by atoms with E-state index in [0.717, 1.165) is 12.8 Å². The van der Waals surface area contributed by atoms with E-state index in [9.17, 15) is 13.2 Å². The first kappa shape index (κ1) is 16.4. The van der Waals surface area contributed by atoms with Gasteiger partial charge in [-0.2, -0.15) is 17.0 Å². The van der Waals surface area contributed by atoms with Gasteiger partial charge >= 0.3 is 5.97 Å². The van der Waals surface area contributed by atoms with Crippen LogP contribution in [0.15, 0.2) is 0 Å². The van der Waals surface area contributed by atoms with Crippen LogP contribution in [-0.2, 0) is 15.0 Å². The predicted molar refractivity (Wildman–Crippen MR) is 73.0 cm³/mol. The summed E-state index contributed by atoms with van der Waals surface area (Å²) in [6.45, 7) is 6.74. The predicted octanol–water partition coefficient (Wildman–Crippen LogP) is 1.15. The lowest BCUT2D eigenvalue weighted by Crippen LogP contribution is -2.49. The first-order chi connectivity index (χ1) is 8.75. The molecule has 1 rings (SSSR count). The Kier molecular flexibility index (Phi) is 5.76. The maximum absolute atomic E-state index is 12.5. The van der Waals surface area contributed by atoms with Crippen molar-refractivity contribution in [2.45, 2.75) is 46.1 Å². The van der Waals surface area contributed by atoms with Crippen molar-refractivity contribution in [3.8, 4) is 0 Å². The van der Waals surface area contributed by atoms with Crippen LogP contribution in [-0.4, -0.2) is 53.8 Å². The Morgan fingerprint density at radius 3 is 2.32 bits per heavy atom. The number of hydrogen-bond acceptors (Lipinski definition) is 3. The van der Waals surface area contributed by atoms with Gasteiger partial charge in [0, 0.05) is 25.7 Å². The molecule has 0 saturated carbocycles. The maximum atomic E-state index is 12.5. The third-order valence-electron chi connectivity index (χ3n) is 3.49. The second kappa shape index (κ2) is 6.67. The zero-order chi connectivity index (χ0) is 14.6. The van der Waals surface area contributed by atoms with E-state index < -0.39 is 16.2 Å². The maximum Gasteiger partial charge on any atom is 0.304 e. The standard InChI is InChI=1S/C12H24N2O4S/c1-10(2)14(9-6-12(15)16)19(17,18)13-7-4-11(3)5-8-13/h10-11H,4-9H2,1-3H3,(H,15,16). The molecule has 7 heteroatoms. The van der Waals surface area contributed by atoms with E-state index in [4.69, 9.17) is 5.11 Å². The fourth-order valence-corrected chi connectivity index (χ4v) is 4.03. The van der Waals surface area contributed by atoms with Crippen molar-refractivity contribution in [3.05, 3.63) is 0 Å². The first-order valence-corrected chi connectivity index (χ1v) is 8.13. The monoisotopic (exact) mass is 292 g/mol. The molecule has 0 atom stereocenters. The van der Waals surface area contributed by atoms with Crippen LogP contribution in [0.3, 0.4) is 0 Å². The van der Waals surface area contributed by atoms with E-state index >= 15 is 0 Å². The summed E-state index contributed by atoms with van der Waals surface area (Å²) in [5.74, 6) is -0.425. The molecular formula is C12H24N2O4S. The second-order valence-corrected chi connectivity index (χ2v) is 7.32. The lowest BCUT2D eigenvalue weighted by molar-refractivity contribution is -0.137. The van der Waals surface area contributed by atoms with Gasteiger partial charge in [0.1, 0.15) is 0 Å². The van der Waals surface area contributed by atoms with Crippen molar-refractivity contribution in [1.82, 2.24) is 8.61 Å². The third kappa shape index (κ3) is 4.43. The fraction of sp³-hybridized carbons (Fsp3) is 0.917. The summed E-state index contributed by atoms with van der Waals surface area (Å²) >= 11 is 0. The zero-order valence-electron chi connectivity index (χ0n) is 11.9. The number of hydrogen-bond donors (Lipinski definition) is 1. The van der Waals surface area contributed by atoms with Gasteiger partial charge < -0.3 is 5.11 Å². The molecule has 1 saturated heterocycles. The Labute approximate surface area is 115 Å². The summed E-state index contributed by atoms with van der Waals surface area (Å²) in [6, 6.07) is -0.233. The van der Waals surface area contributed by atoms with Gasteiger partial charge in [-0.25, -0.2) is 0 Å². The summed E-state index contributed by atoms with van der Waals surface area (Å²) in [7, 11) is -3.54. The van der Waals surface area contributed by atoms with Crippen LogP contribution in [0, 0.1) is 5.92 Å². The highest BCUT2D eigenvalue weighted by molar-refractivity contribution is 7.86. The Morgan fingerprint density at radius 1 is 1.37 bits per heavy atom. The number of aliphatic carboxylic acids is 1. The largest absolute Gasteiger partial charge is 0.481 e. The molecule has 112 valence electrons. The molecule has 0 radical (unpaired) electrons. The smallest absolute Gasteiger partial charge is 0.304 e.